The number of nitrogens with zero attached hydrogens (tertiary/aromatic N) is 3. The highest BCUT2D eigenvalue weighted by atomic mass is 16.3. The molecule has 0 bridgehead atoms. The van der Waals surface area contributed by atoms with Gasteiger partial charge >= 0.3 is 0 Å². The molecule has 0 saturated heterocycles. The van der Waals surface area contributed by atoms with Gasteiger partial charge in [-0.1, -0.05) is 0 Å². The van der Waals surface area contributed by atoms with Crippen LogP contribution in [0, 0.1) is 13.8 Å². The normalized spacial score (nSPS) is 12.6. The van der Waals surface area contributed by atoms with Gasteiger partial charge in [-0.2, -0.15) is 0 Å². The third-order valence-electron chi connectivity index (χ3n) is 7.33. The highest BCUT2D eigenvalue weighted by Crippen LogP contribution is 2.37. The van der Waals surface area contributed by atoms with Crippen LogP contribution in [0.15, 0.2) is 15.3 Å². The van der Waals surface area contributed by atoms with E-state index in [2.05, 4.69) is 48.4 Å². The van der Waals surface area contributed by atoms with E-state index in [-0.39, 0.29) is 5.43 Å². The lowest BCUT2D eigenvalue weighted by Gasteiger charge is -2.23. The van der Waals surface area contributed by atoms with E-state index in [9.17, 15) is 4.79 Å². The minimum Gasteiger partial charge on any atom is -0.452 e. The third kappa shape index (κ3) is 7.23. The Morgan fingerprint density at radius 2 is 1.38 bits per heavy atom. The molecule has 0 radical (unpaired) electrons. The number of unbranched alkanes of at least 4 members (excludes halogenated alkanes) is 4. The number of nitrogens with two attached hydrogens (primary N) is 2. The van der Waals surface area contributed by atoms with Crippen molar-refractivity contribution in [3.63, 3.8) is 0 Å². The lowest BCUT2D eigenvalue weighted by molar-refractivity contribution is -0.870. The van der Waals surface area contributed by atoms with Gasteiger partial charge in [0.1, 0.15) is 11.2 Å². The maximum Gasteiger partial charge on any atom is 0.208 e. The van der Waals surface area contributed by atoms with E-state index in [0.717, 1.165) is 94.9 Å². The molecule has 1 heterocycles. The Balaban J connectivity index is 1.97. The Labute approximate surface area is 223 Å². The van der Waals surface area contributed by atoms with Crippen LogP contribution in [0.5, 0.6) is 0 Å². The average Bonchev–Trinajstić information content (AvgIpc) is 2.80. The number of fused-ring (bicyclic) bond motifs is 2. The molecule has 0 spiro atoms. The lowest BCUT2D eigenvalue weighted by Crippen LogP contribution is -2.35. The fourth-order valence-corrected chi connectivity index (χ4v) is 4.99. The van der Waals surface area contributed by atoms with E-state index in [0.29, 0.717) is 28.3 Å². The Morgan fingerprint density at radius 1 is 0.811 bits per heavy atom. The molecule has 0 fully saturated rings. The van der Waals surface area contributed by atoms with Crippen LogP contribution < -0.4 is 16.9 Å². The summed E-state index contributed by atoms with van der Waals surface area (Å²) in [6.07, 6.45) is 8.19. The Hall–Kier alpha value is -2.64. The topological polar surface area (TPSA) is 95.1 Å². The summed E-state index contributed by atoms with van der Waals surface area (Å²) in [5.41, 5.74) is 19.2. The number of anilines is 2. The van der Waals surface area contributed by atoms with Gasteiger partial charge < -0.3 is 24.9 Å². The zero-order valence-corrected chi connectivity index (χ0v) is 24.5. The standard InChI is InChI=1S/C30H48N5O2/c1-20-24(31)19-22(15-11-9-13-17-34(3,4)5)26-29(20)37-30-21(2)28(36)25(32)23(27(30)33-26)16-12-10-14-18-35(6,7)8/h19H,9-18H2,1-8H3,(H3-,31,32,33,36)/q+1/p+1. The van der Waals surface area contributed by atoms with Crippen LogP contribution in [-0.2, 0) is 12.8 Å². The van der Waals surface area contributed by atoms with Crippen LogP contribution >= 0.6 is 0 Å². The van der Waals surface area contributed by atoms with E-state index < -0.39 is 0 Å². The smallest absolute Gasteiger partial charge is 0.208 e. The van der Waals surface area contributed by atoms with Crippen LogP contribution in [0.1, 0.15) is 60.8 Å². The quantitative estimate of drug-likeness (QED) is 0.156. The first-order valence-corrected chi connectivity index (χ1v) is 13.7. The fraction of sp³-hybridized carbons (Fsp3) is 0.600. The number of benzene rings is 2. The summed E-state index contributed by atoms with van der Waals surface area (Å²) >= 11 is 0. The number of aromatic nitrogens is 1. The van der Waals surface area contributed by atoms with Crippen molar-refractivity contribution in [2.45, 2.75) is 65.2 Å². The van der Waals surface area contributed by atoms with E-state index >= 15 is 0 Å². The first kappa shape index (κ1) is 28.9. The zero-order chi connectivity index (χ0) is 27.5. The van der Waals surface area contributed by atoms with Crippen LogP contribution in [0.25, 0.3) is 22.6 Å². The molecule has 1 aliphatic heterocycles. The van der Waals surface area contributed by atoms with Crippen molar-refractivity contribution in [1.82, 2.24) is 4.98 Å². The summed E-state index contributed by atoms with van der Waals surface area (Å²) in [5, 5.41) is 0. The van der Waals surface area contributed by atoms with Crippen molar-refractivity contribution in [3.05, 3.63) is 38.5 Å². The van der Waals surface area contributed by atoms with Crippen molar-refractivity contribution in [1.29, 1.82) is 0 Å². The third-order valence-corrected chi connectivity index (χ3v) is 7.33. The van der Waals surface area contributed by atoms with Crippen molar-refractivity contribution in [2.24, 2.45) is 0 Å². The summed E-state index contributed by atoms with van der Waals surface area (Å²) in [5.74, 6) is 0.538. The molecular weight excluding hydrogens is 462 g/mol. The first-order chi connectivity index (χ1) is 17.2. The Kier molecular flexibility index (Phi) is 8.91. The lowest BCUT2D eigenvalue weighted by atomic mass is 9.95. The molecule has 1 aliphatic carbocycles. The predicted octanol–water partition coefficient (Wildman–Crippen LogP) is 4.91. The molecule has 2 aliphatic rings. The number of rotatable bonds is 12. The van der Waals surface area contributed by atoms with Crippen molar-refractivity contribution in [2.75, 3.05) is 66.8 Å². The van der Waals surface area contributed by atoms with Crippen LogP contribution in [-0.4, -0.2) is 69.3 Å². The van der Waals surface area contributed by atoms with Gasteiger partial charge in [0.15, 0.2) is 11.3 Å². The highest BCUT2D eigenvalue weighted by Gasteiger charge is 2.25. The van der Waals surface area contributed by atoms with Crippen molar-refractivity contribution < 1.29 is 13.4 Å². The molecule has 1 aromatic rings. The zero-order valence-electron chi connectivity index (χ0n) is 24.5. The molecule has 1 aromatic carbocycles. The number of hydrogen-bond acceptors (Lipinski definition) is 5. The monoisotopic (exact) mass is 511 g/mol. The predicted molar refractivity (Wildman–Crippen MR) is 156 cm³/mol. The summed E-state index contributed by atoms with van der Waals surface area (Å²) in [7, 11) is 13.3. The molecule has 0 saturated carbocycles. The van der Waals surface area contributed by atoms with E-state index in [1.54, 1.807) is 6.92 Å². The Morgan fingerprint density at radius 3 is 1.95 bits per heavy atom. The van der Waals surface area contributed by atoms with Crippen molar-refractivity contribution >= 4 is 22.5 Å². The number of nitrogen functional groups attached to an aromatic ring is 2. The molecule has 4 N–H and O–H groups in total. The van der Waals surface area contributed by atoms with E-state index in [4.69, 9.17) is 20.9 Å². The largest absolute Gasteiger partial charge is 0.452 e. The summed E-state index contributed by atoms with van der Waals surface area (Å²) in [4.78, 5) is 18.2. The number of quaternary nitrogens is 2. The van der Waals surface area contributed by atoms with E-state index in [1.165, 1.54) is 6.42 Å². The molecular formula is C30H49N5O2+2. The maximum absolute atomic E-state index is 13.0. The van der Waals surface area contributed by atoms with Gasteiger partial charge in [-0.3, -0.25) is 4.79 Å². The van der Waals surface area contributed by atoms with Gasteiger partial charge in [0.2, 0.25) is 5.43 Å². The minimum atomic E-state index is -0.155. The van der Waals surface area contributed by atoms with Crippen molar-refractivity contribution in [3.8, 4) is 11.5 Å². The summed E-state index contributed by atoms with van der Waals surface area (Å²) in [6, 6.07) is 2.05. The van der Waals surface area contributed by atoms with Gasteiger partial charge in [-0.25, -0.2) is 4.98 Å². The average molecular weight is 512 g/mol. The first-order valence-electron chi connectivity index (χ1n) is 13.7. The molecule has 0 amide bonds. The van der Waals surface area contributed by atoms with Crippen LogP contribution in [0.3, 0.4) is 0 Å². The highest BCUT2D eigenvalue weighted by molar-refractivity contribution is 5.88. The van der Waals surface area contributed by atoms with Crippen LogP contribution in [0.4, 0.5) is 11.4 Å². The van der Waals surface area contributed by atoms with Gasteiger partial charge in [-0.15, -0.1) is 0 Å². The summed E-state index contributed by atoms with van der Waals surface area (Å²) < 4.78 is 8.38. The second-order valence-corrected chi connectivity index (χ2v) is 12.8. The maximum atomic E-state index is 13.0. The molecule has 7 nitrogen and oxygen atoms in total. The molecule has 7 heteroatoms. The molecule has 204 valence electrons. The van der Waals surface area contributed by atoms with Gasteiger partial charge in [0.05, 0.1) is 61.1 Å². The Bertz CT molecular complexity index is 1260. The van der Waals surface area contributed by atoms with Crippen LogP contribution in [0.2, 0.25) is 0 Å². The number of hydrogen-bond donors (Lipinski definition) is 2. The van der Waals surface area contributed by atoms with E-state index in [1.807, 2.05) is 6.92 Å². The molecule has 0 unspecified atom stereocenters. The second-order valence-electron chi connectivity index (χ2n) is 12.8. The van der Waals surface area contributed by atoms with Gasteiger partial charge in [0, 0.05) is 22.4 Å². The molecule has 0 atom stereocenters. The molecule has 37 heavy (non-hydrogen) atoms. The summed E-state index contributed by atoms with van der Waals surface area (Å²) in [6.45, 7) is 6.01. The SMILES string of the molecule is Cc1c2oc3c(C)c(N)cc(CCCCC[N+](C)(C)C)c3nc-2c(CCCCC[N+](C)(C)C)c(N)c1=O. The minimum absolute atomic E-state index is 0.155. The molecule has 3 rings (SSSR count). The molecule has 0 aromatic heterocycles. The van der Waals surface area contributed by atoms with Gasteiger partial charge in [0.25, 0.3) is 0 Å². The number of aryl methyl sites for hydroxylation is 2. The van der Waals surface area contributed by atoms with Gasteiger partial charge in [-0.05, 0) is 76.8 Å². The second kappa shape index (κ2) is 11.4. The fourth-order valence-electron chi connectivity index (χ4n) is 4.99.